The van der Waals surface area contributed by atoms with E-state index < -0.39 is 0 Å². The molecule has 1 aliphatic rings. The summed E-state index contributed by atoms with van der Waals surface area (Å²) in [6.07, 6.45) is 1.42. The van der Waals surface area contributed by atoms with Gasteiger partial charge in [-0.15, -0.1) is 11.3 Å². The molecule has 0 saturated carbocycles. The molecule has 0 spiro atoms. The Bertz CT molecular complexity index is 827. The third-order valence-corrected chi connectivity index (χ3v) is 5.93. The van der Waals surface area contributed by atoms with E-state index in [0.29, 0.717) is 32.2 Å². The number of carbonyl (C=O) groups excluding carboxylic acids is 1. The second kappa shape index (κ2) is 10.2. The predicted molar refractivity (Wildman–Crippen MR) is 116 cm³/mol. The van der Waals surface area contributed by atoms with Crippen molar-refractivity contribution in [1.82, 2.24) is 10.2 Å². The third-order valence-electron chi connectivity index (χ3n) is 4.81. The summed E-state index contributed by atoms with van der Waals surface area (Å²) in [6.45, 7) is 4.09. The molecule has 1 aromatic carbocycles. The molecule has 1 aliphatic heterocycles. The van der Waals surface area contributed by atoms with Crippen molar-refractivity contribution in [3.63, 3.8) is 0 Å². The number of amides is 1. The molecular weight excluding hydrogens is 388 g/mol. The first-order chi connectivity index (χ1) is 14.1. The van der Waals surface area contributed by atoms with E-state index in [-0.39, 0.29) is 12.1 Å². The Labute approximate surface area is 175 Å². The van der Waals surface area contributed by atoms with E-state index in [9.17, 15) is 4.79 Å². The van der Waals surface area contributed by atoms with Gasteiger partial charge in [0.05, 0.1) is 20.3 Å². The van der Waals surface area contributed by atoms with E-state index in [0.717, 1.165) is 29.0 Å². The first-order valence-electron chi connectivity index (χ1n) is 9.80. The lowest BCUT2D eigenvalue weighted by atomic mass is 10.1. The number of hydrogen-bond donors (Lipinski definition) is 2. The minimum Gasteiger partial charge on any atom is -0.497 e. The number of nitrogens with two attached hydrogens (primary N) is 1. The van der Waals surface area contributed by atoms with Gasteiger partial charge >= 0.3 is 6.09 Å². The molecule has 0 aliphatic carbocycles. The van der Waals surface area contributed by atoms with E-state index in [2.05, 4.69) is 34.6 Å². The molecule has 7 nitrogen and oxygen atoms in total. The maximum atomic E-state index is 11.8. The SMILES string of the molecule is CCOC(=O)N1CCC(NC(N)=NCc2ccc(-c3ccc(OC)cc3)s2)CC1. The molecule has 0 radical (unpaired) electrons. The van der Waals surface area contributed by atoms with Gasteiger partial charge in [0.25, 0.3) is 0 Å². The van der Waals surface area contributed by atoms with Gasteiger partial charge in [0.1, 0.15) is 5.75 Å². The maximum Gasteiger partial charge on any atom is 0.409 e. The van der Waals surface area contributed by atoms with Crippen molar-refractivity contribution in [2.75, 3.05) is 26.8 Å². The summed E-state index contributed by atoms with van der Waals surface area (Å²) in [5, 5.41) is 3.27. The quantitative estimate of drug-likeness (QED) is 0.556. The van der Waals surface area contributed by atoms with Crippen LogP contribution in [0.3, 0.4) is 0 Å². The van der Waals surface area contributed by atoms with Crippen LogP contribution in [-0.2, 0) is 11.3 Å². The summed E-state index contributed by atoms with van der Waals surface area (Å²) in [5.74, 6) is 1.29. The normalized spacial score (nSPS) is 15.2. The molecule has 156 valence electrons. The number of nitrogens with one attached hydrogen (secondary N) is 1. The van der Waals surface area contributed by atoms with Crippen molar-refractivity contribution in [2.45, 2.75) is 32.4 Å². The average molecular weight is 417 g/mol. The number of ether oxygens (including phenoxy) is 2. The fourth-order valence-corrected chi connectivity index (χ4v) is 4.15. The third kappa shape index (κ3) is 5.87. The van der Waals surface area contributed by atoms with Gasteiger partial charge in [-0.25, -0.2) is 9.79 Å². The van der Waals surface area contributed by atoms with Crippen LogP contribution in [0.15, 0.2) is 41.4 Å². The van der Waals surface area contributed by atoms with Gasteiger partial charge in [-0.2, -0.15) is 0 Å². The van der Waals surface area contributed by atoms with Crippen molar-refractivity contribution in [2.24, 2.45) is 10.7 Å². The summed E-state index contributed by atoms with van der Waals surface area (Å²) < 4.78 is 10.2. The zero-order valence-electron chi connectivity index (χ0n) is 16.9. The fraction of sp³-hybridized carbons (Fsp3) is 0.429. The zero-order chi connectivity index (χ0) is 20.6. The molecule has 2 aromatic rings. The predicted octanol–water partition coefficient (Wildman–Crippen LogP) is 3.45. The number of benzene rings is 1. The molecule has 2 heterocycles. The highest BCUT2D eigenvalue weighted by Gasteiger charge is 2.23. The zero-order valence-corrected chi connectivity index (χ0v) is 17.7. The summed E-state index contributed by atoms with van der Waals surface area (Å²) in [7, 11) is 1.67. The van der Waals surface area contributed by atoms with E-state index >= 15 is 0 Å². The van der Waals surface area contributed by atoms with Crippen LogP contribution in [0.25, 0.3) is 10.4 Å². The number of carbonyl (C=O) groups is 1. The van der Waals surface area contributed by atoms with Gasteiger partial charge in [-0.1, -0.05) is 0 Å². The first-order valence-corrected chi connectivity index (χ1v) is 10.6. The van der Waals surface area contributed by atoms with Crippen LogP contribution >= 0.6 is 11.3 Å². The molecule has 0 unspecified atom stereocenters. The number of guanidine groups is 1. The summed E-state index contributed by atoms with van der Waals surface area (Å²) in [4.78, 5) is 20.3. The molecule has 1 fully saturated rings. The number of rotatable bonds is 6. The molecule has 3 rings (SSSR count). The number of likely N-dealkylation sites (tertiary alicyclic amines) is 1. The number of methoxy groups -OCH3 is 1. The number of thiophene rings is 1. The van der Waals surface area contributed by atoms with Crippen molar-refractivity contribution < 1.29 is 14.3 Å². The molecule has 0 atom stereocenters. The van der Waals surface area contributed by atoms with Gasteiger partial charge in [0.15, 0.2) is 5.96 Å². The van der Waals surface area contributed by atoms with Gasteiger partial charge in [0, 0.05) is 28.9 Å². The van der Waals surface area contributed by atoms with Crippen LogP contribution in [-0.4, -0.2) is 49.8 Å². The van der Waals surface area contributed by atoms with Crippen LogP contribution in [0, 0.1) is 0 Å². The van der Waals surface area contributed by atoms with E-state index in [1.165, 1.54) is 4.88 Å². The largest absolute Gasteiger partial charge is 0.497 e. The highest BCUT2D eigenvalue weighted by atomic mass is 32.1. The average Bonchev–Trinajstić information content (AvgIpc) is 3.22. The van der Waals surface area contributed by atoms with Crippen molar-refractivity contribution in [3.05, 3.63) is 41.3 Å². The van der Waals surface area contributed by atoms with E-state index in [4.69, 9.17) is 15.2 Å². The topological polar surface area (TPSA) is 89.2 Å². The van der Waals surface area contributed by atoms with Crippen LogP contribution in [0.1, 0.15) is 24.6 Å². The Morgan fingerprint density at radius 1 is 1.24 bits per heavy atom. The lowest BCUT2D eigenvalue weighted by Gasteiger charge is -2.31. The molecular formula is C21H28N4O3S. The number of hydrogen-bond acceptors (Lipinski definition) is 5. The Morgan fingerprint density at radius 3 is 2.62 bits per heavy atom. The summed E-state index contributed by atoms with van der Waals surface area (Å²) >= 11 is 1.71. The standard InChI is InChI=1S/C21H28N4O3S/c1-3-28-21(26)25-12-10-16(11-13-25)24-20(22)23-14-18-8-9-19(29-18)15-4-6-17(27-2)7-5-15/h4-9,16H,3,10-14H2,1-2H3,(H3,22,23,24). The van der Waals surface area contributed by atoms with Gasteiger partial charge in [0.2, 0.25) is 0 Å². The molecule has 1 aromatic heterocycles. The first kappa shape index (κ1) is 21.0. The molecule has 29 heavy (non-hydrogen) atoms. The Kier molecular flexibility index (Phi) is 7.35. The fourth-order valence-electron chi connectivity index (χ4n) is 3.21. The summed E-state index contributed by atoms with van der Waals surface area (Å²) in [6, 6.07) is 12.4. The molecule has 1 amide bonds. The smallest absolute Gasteiger partial charge is 0.409 e. The monoisotopic (exact) mass is 416 g/mol. The molecule has 8 heteroatoms. The van der Waals surface area contributed by atoms with Gasteiger partial charge in [-0.3, -0.25) is 0 Å². The lowest BCUT2D eigenvalue weighted by molar-refractivity contribution is 0.0963. The van der Waals surface area contributed by atoms with E-state index in [1.807, 2.05) is 19.1 Å². The molecule has 3 N–H and O–H groups in total. The highest BCUT2D eigenvalue weighted by Crippen LogP contribution is 2.29. The van der Waals surface area contributed by atoms with Crippen LogP contribution in [0.4, 0.5) is 4.79 Å². The summed E-state index contributed by atoms with van der Waals surface area (Å²) in [5.41, 5.74) is 7.23. The van der Waals surface area contributed by atoms with Crippen molar-refractivity contribution >= 4 is 23.4 Å². The van der Waals surface area contributed by atoms with Crippen LogP contribution in [0.5, 0.6) is 5.75 Å². The second-order valence-corrected chi connectivity index (χ2v) is 7.97. The van der Waals surface area contributed by atoms with Crippen LogP contribution in [0.2, 0.25) is 0 Å². The maximum absolute atomic E-state index is 11.8. The minimum absolute atomic E-state index is 0.225. The van der Waals surface area contributed by atoms with Crippen molar-refractivity contribution in [1.29, 1.82) is 0 Å². The molecule has 1 saturated heterocycles. The Balaban J connectivity index is 1.48. The van der Waals surface area contributed by atoms with E-state index in [1.54, 1.807) is 23.3 Å². The van der Waals surface area contributed by atoms with Gasteiger partial charge in [-0.05, 0) is 61.7 Å². The second-order valence-electron chi connectivity index (χ2n) is 6.80. The van der Waals surface area contributed by atoms with Crippen molar-refractivity contribution in [3.8, 4) is 16.2 Å². The highest BCUT2D eigenvalue weighted by molar-refractivity contribution is 7.15. The van der Waals surface area contributed by atoms with Crippen LogP contribution < -0.4 is 15.8 Å². The Morgan fingerprint density at radius 2 is 1.97 bits per heavy atom. The number of aliphatic imine (C=N–C) groups is 1. The Hall–Kier alpha value is -2.74. The number of nitrogens with zero attached hydrogens (tertiary/aromatic N) is 2. The lowest BCUT2D eigenvalue weighted by Crippen LogP contribution is -2.48. The number of piperidine rings is 1. The molecule has 0 bridgehead atoms. The van der Waals surface area contributed by atoms with Gasteiger partial charge < -0.3 is 25.4 Å². The minimum atomic E-state index is -0.238.